The van der Waals surface area contributed by atoms with Crippen LogP contribution < -0.4 is 5.32 Å². The smallest absolute Gasteiger partial charge is 0.322 e. The molecule has 0 radical (unpaired) electrons. The van der Waals surface area contributed by atoms with Crippen LogP contribution in [0.1, 0.15) is 12.8 Å². The predicted octanol–water partition coefficient (Wildman–Crippen LogP) is 0.174. The van der Waals surface area contributed by atoms with Gasteiger partial charge in [0, 0.05) is 13.2 Å². The molecule has 2 aliphatic rings. The van der Waals surface area contributed by atoms with E-state index in [1.807, 2.05) is 0 Å². The lowest BCUT2D eigenvalue weighted by molar-refractivity contribution is -0.142. The zero-order valence-corrected chi connectivity index (χ0v) is 8.49. The molecule has 4 nitrogen and oxygen atoms in total. The molecule has 2 heterocycles. The van der Waals surface area contributed by atoms with Gasteiger partial charge in [-0.15, -0.1) is 0 Å². The summed E-state index contributed by atoms with van der Waals surface area (Å²) in [6, 6.07) is -0.0920. The molecule has 3 unspecified atom stereocenters. The Hall–Kier alpha value is -0.610. The SMILES string of the molecule is COC(=O)C1CC(C2CCOC2)CN1. The first-order valence-electron chi connectivity index (χ1n) is 5.20. The van der Waals surface area contributed by atoms with Gasteiger partial charge in [0.15, 0.2) is 0 Å². The molecule has 2 aliphatic heterocycles. The van der Waals surface area contributed by atoms with Crippen molar-refractivity contribution < 1.29 is 14.3 Å². The molecule has 0 bridgehead atoms. The fourth-order valence-electron chi connectivity index (χ4n) is 2.37. The maximum Gasteiger partial charge on any atom is 0.322 e. The van der Waals surface area contributed by atoms with Crippen LogP contribution in [0, 0.1) is 11.8 Å². The van der Waals surface area contributed by atoms with Crippen molar-refractivity contribution in [2.24, 2.45) is 11.8 Å². The molecule has 0 amide bonds. The van der Waals surface area contributed by atoms with Gasteiger partial charge in [0.2, 0.25) is 0 Å². The van der Waals surface area contributed by atoms with Crippen LogP contribution >= 0.6 is 0 Å². The number of nitrogens with one attached hydrogen (secondary N) is 1. The third kappa shape index (κ3) is 1.91. The van der Waals surface area contributed by atoms with E-state index in [2.05, 4.69) is 5.32 Å². The van der Waals surface area contributed by atoms with Crippen LogP contribution in [0.5, 0.6) is 0 Å². The lowest BCUT2D eigenvalue weighted by Gasteiger charge is -2.14. The second-order valence-corrected chi connectivity index (χ2v) is 4.10. The third-order valence-electron chi connectivity index (χ3n) is 3.28. The zero-order valence-electron chi connectivity index (χ0n) is 8.49. The van der Waals surface area contributed by atoms with E-state index in [1.165, 1.54) is 7.11 Å². The van der Waals surface area contributed by atoms with E-state index in [1.54, 1.807) is 0 Å². The molecular formula is C10H17NO3. The van der Waals surface area contributed by atoms with Gasteiger partial charge >= 0.3 is 5.97 Å². The van der Waals surface area contributed by atoms with Crippen molar-refractivity contribution in [3.05, 3.63) is 0 Å². The Morgan fingerprint density at radius 1 is 1.50 bits per heavy atom. The summed E-state index contributed by atoms with van der Waals surface area (Å²) in [7, 11) is 1.44. The summed E-state index contributed by atoms with van der Waals surface area (Å²) in [5.41, 5.74) is 0. The highest BCUT2D eigenvalue weighted by Gasteiger charge is 2.35. The average molecular weight is 199 g/mol. The number of carbonyl (C=O) groups is 1. The minimum absolute atomic E-state index is 0.0920. The number of hydrogen-bond donors (Lipinski definition) is 1. The molecule has 2 rings (SSSR count). The molecule has 14 heavy (non-hydrogen) atoms. The molecule has 80 valence electrons. The lowest BCUT2D eigenvalue weighted by Crippen LogP contribution is -2.31. The number of hydrogen-bond acceptors (Lipinski definition) is 4. The highest BCUT2D eigenvalue weighted by Crippen LogP contribution is 2.29. The van der Waals surface area contributed by atoms with Gasteiger partial charge in [-0.3, -0.25) is 4.79 Å². The first-order valence-corrected chi connectivity index (χ1v) is 5.20. The number of esters is 1. The van der Waals surface area contributed by atoms with E-state index < -0.39 is 0 Å². The van der Waals surface area contributed by atoms with Crippen LogP contribution in [0.3, 0.4) is 0 Å². The quantitative estimate of drug-likeness (QED) is 0.644. The third-order valence-corrected chi connectivity index (χ3v) is 3.28. The van der Waals surface area contributed by atoms with Gasteiger partial charge in [0.25, 0.3) is 0 Å². The Balaban J connectivity index is 1.84. The minimum Gasteiger partial charge on any atom is -0.468 e. The molecule has 0 aromatic rings. The first kappa shape index (κ1) is 9.93. The van der Waals surface area contributed by atoms with E-state index in [0.29, 0.717) is 11.8 Å². The maximum atomic E-state index is 11.3. The summed E-state index contributed by atoms with van der Waals surface area (Å²) in [6.45, 7) is 2.66. The van der Waals surface area contributed by atoms with Crippen molar-refractivity contribution in [2.45, 2.75) is 18.9 Å². The van der Waals surface area contributed by atoms with Crippen molar-refractivity contribution in [1.82, 2.24) is 5.32 Å². The summed E-state index contributed by atoms with van der Waals surface area (Å²) < 4.78 is 10.1. The normalized spacial score (nSPS) is 37.4. The van der Waals surface area contributed by atoms with Crippen molar-refractivity contribution in [2.75, 3.05) is 26.9 Å². The maximum absolute atomic E-state index is 11.3. The molecule has 1 N–H and O–H groups in total. The summed E-state index contributed by atoms with van der Waals surface area (Å²) in [6.07, 6.45) is 2.04. The number of rotatable bonds is 2. The first-order chi connectivity index (χ1) is 6.81. The van der Waals surface area contributed by atoms with Crippen LogP contribution in [-0.2, 0) is 14.3 Å². The van der Waals surface area contributed by atoms with Gasteiger partial charge in [-0.25, -0.2) is 0 Å². The molecule has 0 aromatic heterocycles. The van der Waals surface area contributed by atoms with Crippen molar-refractivity contribution >= 4 is 5.97 Å². The van der Waals surface area contributed by atoms with Crippen LogP contribution in [-0.4, -0.2) is 38.9 Å². The topological polar surface area (TPSA) is 47.6 Å². The van der Waals surface area contributed by atoms with E-state index in [0.717, 1.165) is 32.6 Å². The summed E-state index contributed by atoms with van der Waals surface area (Å²) in [4.78, 5) is 11.3. The van der Waals surface area contributed by atoms with E-state index in [-0.39, 0.29) is 12.0 Å². The Morgan fingerprint density at radius 2 is 2.36 bits per heavy atom. The molecule has 0 saturated carbocycles. The second-order valence-electron chi connectivity index (χ2n) is 4.10. The summed E-state index contributed by atoms with van der Waals surface area (Å²) in [5.74, 6) is 1.09. The minimum atomic E-state index is -0.133. The van der Waals surface area contributed by atoms with Gasteiger partial charge in [-0.05, 0) is 31.2 Å². The average Bonchev–Trinajstić information content (AvgIpc) is 2.86. The van der Waals surface area contributed by atoms with Crippen molar-refractivity contribution in [1.29, 1.82) is 0 Å². The van der Waals surface area contributed by atoms with Crippen molar-refractivity contribution in [3.8, 4) is 0 Å². The Labute approximate surface area is 84.0 Å². The number of carbonyl (C=O) groups excluding carboxylic acids is 1. The van der Waals surface area contributed by atoms with Crippen LogP contribution in [0.4, 0.5) is 0 Å². The van der Waals surface area contributed by atoms with E-state index in [4.69, 9.17) is 9.47 Å². The molecule has 0 aliphatic carbocycles. The Morgan fingerprint density at radius 3 is 3.00 bits per heavy atom. The van der Waals surface area contributed by atoms with Crippen molar-refractivity contribution in [3.63, 3.8) is 0 Å². The van der Waals surface area contributed by atoms with E-state index >= 15 is 0 Å². The molecule has 2 fully saturated rings. The molecule has 3 atom stereocenters. The predicted molar refractivity (Wildman–Crippen MR) is 50.8 cm³/mol. The summed E-state index contributed by atoms with van der Waals surface area (Å²) in [5, 5.41) is 3.20. The monoisotopic (exact) mass is 199 g/mol. The largest absolute Gasteiger partial charge is 0.468 e. The molecule has 0 aromatic carbocycles. The number of ether oxygens (including phenoxy) is 2. The van der Waals surface area contributed by atoms with Gasteiger partial charge in [0.1, 0.15) is 6.04 Å². The van der Waals surface area contributed by atoms with Gasteiger partial charge in [-0.2, -0.15) is 0 Å². The highest BCUT2D eigenvalue weighted by molar-refractivity contribution is 5.76. The van der Waals surface area contributed by atoms with Gasteiger partial charge in [0.05, 0.1) is 7.11 Å². The van der Waals surface area contributed by atoms with Crippen LogP contribution in [0.15, 0.2) is 0 Å². The molecule has 0 spiro atoms. The van der Waals surface area contributed by atoms with Gasteiger partial charge in [-0.1, -0.05) is 0 Å². The fourth-order valence-corrected chi connectivity index (χ4v) is 2.37. The second kappa shape index (κ2) is 4.28. The molecule has 2 saturated heterocycles. The zero-order chi connectivity index (χ0) is 9.97. The Bertz CT molecular complexity index is 213. The number of methoxy groups -OCH3 is 1. The molecule has 4 heteroatoms. The van der Waals surface area contributed by atoms with E-state index in [9.17, 15) is 4.79 Å². The standard InChI is InChI=1S/C10H17NO3/c1-13-10(12)9-4-8(5-11-9)7-2-3-14-6-7/h7-9,11H,2-6H2,1H3. The van der Waals surface area contributed by atoms with Crippen LogP contribution in [0.2, 0.25) is 0 Å². The highest BCUT2D eigenvalue weighted by atomic mass is 16.5. The van der Waals surface area contributed by atoms with Gasteiger partial charge < -0.3 is 14.8 Å². The lowest BCUT2D eigenvalue weighted by atomic mass is 9.89. The fraction of sp³-hybridized carbons (Fsp3) is 0.900. The Kier molecular flexibility index (Phi) is 3.03. The summed E-state index contributed by atoms with van der Waals surface area (Å²) >= 11 is 0. The molecular weight excluding hydrogens is 182 g/mol. The van der Waals surface area contributed by atoms with Crippen LogP contribution in [0.25, 0.3) is 0 Å².